The first-order valence-electron chi connectivity index (χ1n) is 8.89. The highest BCUT2D eigenvalue weighted by Crippen LogP contribution is 2.18. The van der Waals surface area contributed by atoms with Crippen LogP contribution >= 0.6 is 0 Å². The van der Waals surface area contributed by atoms with Crippen molar-refractivity contribution in [2.45, 2.75) is 0 Å². The number of rotatable bonds is 7. The Balaban J connectivity index is 1.67. The van der Waals surface area contributed by atoms with E-state index < -0.39 is 10.9 Å². The number of nitrogens with zero attached hydrogens (tertiary/aromatic N) is 1. The minimum atomic E-state index is -0.639. The van der Waals surface area contributed by atoms with E-state index in [2.05, 4.69) is 0 Å². The Labute approximate surface area is 172 Å². The molecule has 0 radical (unpaired) electrons. The second-order valence-corrected chi connectivity index (χ2v) is 6.19. The monoisotopic (exact) mass is 403 g/mol. The summed E-state index contributed by atoms with van der Waals surface area (Å²) in [6.07, 6.45) is 3.05. The Kier molecular flexibility index (Phi) is 6.34. The van der Waals surface area contributed by atoms with Crippen molar-refractivity contribution in [2.75, 3.05) is 7.11 Å². The van der Waals surface area contributed by atoms with Gasteiger partial charge in [0.1, 0.15) is 11.5 Å². The third kappa shape index (κ3) is 5.17. The van der Waals surface area contributed by atoms with Crippen molar-refractivity contribution in [3.8, 4) is 11.5 Å². The van der Waals surface area contributed by atoms with Crippen LogP contribution in [0.15, 0.2) is 78.9 Å². The van der Waals surface area contributed by atoms with Gasteiger partial charge < -0.3 is 9.47 Å². The number of non-ortho nitro benzene ring substituents is 1. The number of ether oxygens (including phenoxy) is 2. The molecule has 0 heterocycles. The molecule has 0 saturated carbocycles. The molecule has 0 N–H and O–H groups in total. The number of benzene rings is 3. The third-order valence-electron chi connectivity index (χ3n) is 4.18. The number of hydrogen-bond donors (Lipinski definition) is 0. The van der Waals surface area contributed by atoms with Crippen molar-refractivity contribution >= 4 is 23.5 Å². The normalized spacial score (nSPS) is 10.6. The molecule has 0 fully saturated rings. The zero-order valence-corrected chi connectivity index (χ0v) is 16.0. The van der Waals surface area contributed by atoms with Crippen LogP contribution in [0.3, 0.4) is 0 Å². The van der Waals surface area contributed by atoms with E-state index in [1.54, 1.807) is 61.7 Å². The molecule has 7 heteroatoms. The molecule has 0 aliphatic carbocycles. The van der Waals surface area contributed by atoms with Crippen molar-refractivity contribution in [3.05, 3.63) is 106 Å². The summed E-state index contributed by atoms with van der Waals surface area (Å²) in [4.78, 5) is 34.7. The highest BCUT2D eigenvalue weighted by Gasteiger charge is 2.11. The first-order chi connectivity index (χ1) is 14.5. The van der Waals surface area contributed by atoms with Crippen LogP contribution in [0, 0.1) is 10.1 Å². The van der Waals surface area contributed by atoms with E-state index in [1.165, 1.54) is 30.3 Å². The first-order valence-corrected chi connectivity index (χ1v) is 8.89. The molecule has 0 saturated heterocycles. The lowest BCUT2D eigenvalue weighted by Gasteiger charge is -2.05. The Morgan fingerprint density at radius 3 is 2.20 bits per heavy atom. The van der Waals surface area contributed by atoms with Crippen LogP contribution in [0.2, 0.25) is 0 Å². The highest BCUT2D eigenvalue weighted by molar-refractivity contribution is 6.06. The van der Waals surface area contributed by atoms with E-state index >= 15 is 0 Å². The van der Waals surface area contributed by atoms with Gasteiger partial charge in [-0.05, 0) is 60.2 Å². The predicted octanol–water partition coefficient (Wildman–Crippen LogP) is 4.72. The van der Waals surface area contributed by atoms with Crippen LogP contribution in [0.1, 0.15) is 26.3 Å². The Morgan fingerprint density at radius 2 is 1.57 bits per heavy atom. The molecule has 0 amide bonds. The lowest BCUT2D eigenvalue weighted by Crippen LogP contribution is -2.08. The summed E-state index contributed by atoms with van der Waals surface area (Å²) in [6, 6.07) is 18.6. The topological polar surface area (TPSA) is 95.7 Å². The smallest absolute Gasteiger partial charge is 0.343 e. The van der Waals surface area contributed by atoms with Crippen LogP contribution in [0.4, 0.5) is 5.69 Å². The summed E-state index contributed by atoms with van der Waals surface area (Å²) < 4.78 is 10.4. The molecular formula is C23H17NO6. The van der Waals surface area contributed by atoms with E-state index in [-0.39, 0.29) is 22.8 Å². The number of nitro groups is 1. The molecule has 3 rings (SSSR count). The molecule has 7 nitrogen and oxygen atoms in total. The number of esters is 1. The zero-order valence-electron chi connectivity index (χ0n) is 16.0. The quantitative estimate of drug-likeness (QED) is 0.141. The van der Waals surface area contributed by atoms with E-state index in [0.29, 0.717) is 16.9 Å². The van der Waals surface area contributed by atoms with Gasteiger partial charge in [0.25, 0.3) is 5.69 Å². The third-order valence-corrected chi connectivity index (χ3v) is 4.18. The van der Waals surface area contributed by atoms with E-state index in [4.69, 9.17) is 9.47 Å². The van der Waals surface area contributed by atoms with Crippen molar-refractivity contribution in [1.82, 2.24) is 0 Å². The number of ketones is 1. The van der Waals surface area contributed by atoms with Crippen molar-refractivity contribution in [2.24, 2.45) is 0 Å². The van der Waals surface area contributed by atoms with Crippen molar-refractivity contribution in [3.63, 3.8) is 0 Å². The van der Waals surface area contributed by atoms with Crippen molar-refractivity contribution < 1.29 is 24.0 Å². The number of carbonyl (C=O) groups is 2. The molecular weight excluding hydrogens is 386 g/mol. The van der Waals surface area contributed by atoms with Crippen LogP contribution in [0.5, 0.6) is 11.5 Å². The fraction of sp³-hybridized carbons (Fsp3) is 0.0435. The average molecular weight is 403 g/mol. The summed E-state index contributed by atoms with van der Waals surface area (Å²) in [6.45, 7) is 0. The van der Waals surface area contributed by atoms with Gasteiger partial charge in [0.2, 0.25) is 0 Å². The molecule has 0 aromatic heterocycles. The molecule has 30 heavy (non-hydrogen) atoms. The molecule has 0 atom stereocenters. The Morgan fingerprint density at radius 1 is 0.900 bits per heavy atom. The summed E-state index contributed by atoms with van der Waals surface area (Å²) >= 11 is 0. The molecule has 0 bridgehead atoms. The summed E-state index contributed by atoms with van der Waals surface area (Å²) in [7, 11) is 1.55. The maximum absolute atomic E-state index is 12.3. The first kappa shape index (κ1) is 20.5. The second-order valence-electron chi connectivity index (χ2n) is 6.19. The molecule has 3 aromatic carbocycles. The fourth-order valence-corrected chi connectivity index (χ4v) is 2.59. The number of allylic oxidation sites excluding steroid dienone is 1. The molecule has 3 aromatic rings. The van der Waals surface area contributed by atoms with Gasteiger partial charge in [-0.15, -0.1) is 0 Å². The minimum Gasteiger partial charge on any atom is -0.497 e. The van der Waals surface area contributed by atoms with Crippen LogP contribution in [0.25, 0.3) is 6.08 Å². The van der Waals surface area contributed by atoms with Gasteiger partial charge in [-0.25, -0.2) is 4.79 Å². The fourth-order valence-electron chi connectivity index (χ4n) is 2.59. The lowest BCUT2D eigenvalue weighted by atomic mass is 10.1. The summed E-state index contributed by atoms with van der Waals surface area (Å²) in [5, 5.41) is 10.7. The van der Waals surface area contributed by atoms with Gasteiger partial charge in [-0.3, -0.25) is 14.9 Å². The van der Waals surface area contributed by atoms with Gasteiger partial charge in [0.05, 0.1) is 17.6 Å². The van der Waals surface area contributed by atoms with Crippen LogP contribution in [-0.2, 0) is 0 Å². The van der Waals surface area contributed by atoms with Crippen molar-refractivity contribution in [1.29, 1.82) is 0 Å². The van der Waals surface area contributed by atoms with Gasteiger partial charge in [0.15, 0.2) is 5.78 Å². The predicted molar refractivity (Wildman–Crippen MR) is 111 cm³/mol. The minimum absolute atomic E-state index is 0.111. The number of methoxy groups -OCH3 is 1. The zero-order chi connectivity index (χ0) is 21.5. The van der Waals surface area contributed by atoms with E-state index in [0.717, 1.165) is 0 Å². The second kappa shape index (κ2) is 9.29. The van der Waals surface area contributed by atoms with Gasteiger partial charge >= 0.3 is 5.97 Å². The van der Waals surface area contributed by atoms with Gasteiger partial charge in [-0.2, -0.15) is 0 Å². The SMILES string of the molecule is COc1ccc(C(=O)/C=C/c2cccc(OC(=O)c3ccc([N+](=O)[O-])cc3)c2)cc1. The number of nitro benzene ring substituents is 1. The molecule has 0 spiro atoms. The van der Waals surface area contributed by atoms with Gasteiger partial charge in [-0.1, -0.05) is 18.2 Å². The lowest BCUT2D eigenvalue weighted by molar-refractivity contribution is -0.384. The molecule has 0 aliphatic rings. The molecule has 150 valence electrons. The molecule has 0 aliphatic heterocycles. The summed E-state index contributed by atoms with van der Waals surface area (Å²) in [5.74, 6) is 0.140. The number of carbonyl (C=O) groups excluding carboxylic acids is 2. The van der Waals surface area contributed by atoms with Crippen LogP contribution in [-0.4, -0.2) is 23.8 Å². The number of hydrogen-bond acceptors (Lipinski definition) is 6. The maximum Gasteiger partial charge on any atom is 0.343 e. The molecule has 0 unspecified atom stereocenters. The van der Waals surface area contributed by atoms with E-state index in [9.17, 15) is 19.7 Å². The van der Waals surface area contributed by atoms with Crippen LogP contribution < -0.4 is 9.47 Å². The average Bonchev–Trinajstić information content (AvgIpc) is 2.77. The highest BCUT2D eigenvalue weighted by atomic mass is 16.6. The Bertz CT molecular complexity index is 1100. The van der Waals surface area contributed by atoms with Gasteiger partial charge in [0, 0.05) is 17.7 Å². The van der Waals surface area contributed by atoms with E-state index in [1.807, 2.05) is 0 Å². The largest absolute Gasteiger partial charge is 0.497 e. The maximum atomic E-state index is 12.3. The Hall–Kier alpha value is -4.26. The summed E-state index contributed by atoms with van der Waals surface area (Å²) in [5.41, 5.74) is 1.27. The standard InChI is InChI=1S/C23H17NO6/c1-29-20-12-8-17(9-13-20)22(25)14-5-16-3-2-4-21(15-16)30-23(26)18-6-10-19(11-7-18)24(27)28/h2-15H,1H3/b14-5+.